The number of pyridine rings is 1. The van der Waals surface area contributed by atoms with Crippen molar-refractivity contribution >= 4 is 41.1 Å². The number of rotatable bonds is 6. The van der Waals surface area contributed by atoms with Gasteiger partial charge in [0.25, 0.3) is 0 Å². The second kappa shape index (κ2) is 8.95. The van der Waals surface area contributed by atoms with Crippen LogP contribution in [0, 0.1) is 0 Å². The normalized spacial score (nSPS) is 10.5. The van der Waals surface area contributed by atoms with Crippen LogP contribution < -0.4 is 15.9 Å². The molecule has 25 heavy (non-hydrogen) atoms. The van der Waals surface area contributed by atoms with Crippen LogP contribution in [0.5, 0.6) is 11.6 Å². The first-order valence-corrected chi connectivity index (χ1v) is 7.97. The maximum atomic E-state index is 11.7. The molecular formula is C16H15ClN4O3S. The second-order valence-corrected chi connectivity index (χ2v) is 5.48. The lowest BCUT2D eigenvalue weighted by Gasteiger charge is -2.08. The molecule has 0 fully saturated rings. The first kappa shape index (κ1) is 18.6. The molecule has 0 unspecified atom stereocenters. The van der Waals surface area contributed by atoms with Crippen molar-refractivity contribution in [3.8, 4) is 11.6 Å². The van der Waals surface area contributed by atoms with Crippen molar-refractivity contribution in [2.24, 2.45) is 10.8 Å². The van der Waals surface area contributed by atoms with Crippen molar-refractivity contribution < 1.29 is 14.3 Å². The van der Waals surface area contributed by atoms with E-state index in [1.54, 1.807) is 31.2 Å². The molecule has 0 aliphatic carbocycles. The third-order valence-electron chi connectivity index (χ3n) is 2.80. The molecule has 0 amide bonds. The second-order valence-electron chi connectivity index (χ2n) is 4.63. The van der Waals surface area contributed by atoms with Gasteiger partial charge in [-0.15, -0.1) is 0 Å². The van der Waals surface area contributed by atoms with Gasteiger partial charge >= 0.3 is 5.97 Å². The van der Waals surface area contributed by atoms with Gasteiger partial charge in [-0.3, -0.25) is 5.43 Å². The molecule has 1 aromatic carbocycles. The van der Waals surface area contributed by atoms with Gasteiger partial charge in [-0.2, -0.15) is 5.10 Å². The summed E-state index contributed by atoms with van der Waals surface area (Å²) in [6.07, 6.45) is 2.96. The number of thiocarbonyl (C=S) groups is 1. The SMILES string of the molecule is CCOC(=O)c1ccnc(Oc2ccc(C=NNC(N)=S)cc2Cl)c1. The Labute approximate surface area is 154 Å². The number of hydrazone groups is 1. The molecule has 0 aliphatic rings. The largest absolute Gasteiger partial charge is 0.462 e. The molecular weight excluding hydrogens is 364 g/mol. The van der Waals surface area contributed by atoms with Crippen LogP contribution in [0.2, 0.25) is 5.02 Å². The van der Waals surface area contributed by atoms with Crippen molar-refractivity contribution in [2.45, 2.75) is 6.92 Å². The van der Waals surface area contributed by atoms with E-state index in [-0.39, 0.29) is 17.6 Å². The van der Waals surface area contributed by atoms with Gasteiger partial charge in [0.05, 0.1) is 23.4 Å². The van der Waals surface area contributed by atoms with Crippen LogP contribution in [-0.4, -0.2) is 28.9 Å². The Morgan fingerprint density at radius 2 is 2.24 bits per heavy atom. The Bertz CT molecular complexity index is 814. The Morgan fingerprint density at radius 1 is 1.44 bits per heavy atom. The summed E-state index contributed by atoms with van der Waals surface area (Å²) in [5, 5.41) is 4.25. The molecule has 1 heterocycles. The van der Waals surface area contributed by atoms with Gasteiger partial charge in [0.2, 0.25) is 5.88 Å². The third kappa shape index (κ3) is 5.70. The zero-order valence-electron chi connectivity index (χ0n) is 13.2. The number of halogens is 1. The number of benzene rings is 1. The number of carbonyl (C=O) groups excluding carboxylic acids is 1. The van der Waals surface area contributed by atoms with Crippen LogP contribution in [0.1, 0.15) is 22.8 Å². The van der Waals surface area contributed by atoms with E-state index in [9.17, 15) is 4.79 Å². The summed E-state index contributed by atoms with van der Waals surface area (Å²) < 4.78 is 10.6. The summed E-state index contributed by atoms with van der Waals surface area (Å²) in [4.78, 5) is 15.8. The highest BCUT2D eigenvalue weighted by Crippen LogP contribution is 2.29. The van der Waals surface area contributed by atoms with Crippen molar-refractivity contribution in [2.75, 3.05) is 6.61 Å². The summed E-state index contributed by atoms with van der Waals surface area (Å²) in [6, 6.07) is 8.07. The molecule has 2 rings (SSSR count). The van der Waals surface area contributed by atoms with Crippen molar-refractivity contribution in [3.05, 3.63) is 52.7 Å². The van der Waals surface area contributed by atoms with Gasteiger partial charge in [-0.05, 0) is 49.0 Å². The van der Waals surface area contributed by atoms with E-state index < -0.39 is 5.97 Å². The third-order valence-corrected chi connectivity index (χ3v) is 3.19. The predicted molar refractivity (Wildman–Crippen MR) is 99.2 cm³/mol. The standard InChI is InChI=1S/C16H15ClN4O3S/c1-2-23-15(22)11-5-6-19-14(8-11)24-13-4-3-10(7-12(13)17)9-20-21-16(18)25/h3-9H,2H2,1H3,(H3,18,21,25). The van der Waals surface area contributed by atoms with Crippen molar-refractivity contribution in [3.63, 3.8) is 0 Å². The van der Waals surface area contributed by atoms with E-state index in [0.717, 1.165) is 0 Å². The van der Waals surface area contributed by atoms with Crippen LogP contribution in [0.4, 0.5) is 0 Å². The van der Waals surface area contributed by atoms with Crippen LogP contribution >= 0.6 is 23.8 Å². The molecule has 130 valence electrons. The average Bonchev–Trinajstić information content (AvgIpc) is 2.57. The van der Waals surface area contributed by atoms with Gasteiger partial charge in [0.1, 0.15) is 5.75 Å². The fourth-order valence-electron chi connectivity index (χ4n) is 1.77. The number of nitrogens with zero attached hydrogens (tertiary/aromatic N) is 2. The number of hydrogen-bond acceptors (Lipinski definition) is 6. The van der Waals surface area contributed by atoms with Gasteiger partial charge in [-0.25, -0.2) is 9.78 Å². The Kier molecular flexibility index (Phi) is 6.67. The van der Waals surface area contributed by atoms with Crippen LogP contribution in [0.3, 0.4) is 0 Å². The van der Waals surface area contributed by atoms with E-state index in [4.69, 9.17) is 26.8 Å². The number of nitrogens with two attached hydrogens (primary N) is 1. The number of aromatic nitrogens is 1. The van der Waals surface area contributed by atoms with Gasteiger partial charge in [0.15, 0.2) is 5.11 Å². The Hall–Kier alpha value is -2.71. The summed E-state index contributed by atoms with van der Waals surface area (Å²) in [5.74, 6) is 0.163. The predicted octanol–water partition coefficient (Wildman–Crippen LogP) is 2.87. The maximum Gasteiger partial charge on any atom is 0.338 e. The highest BCUT2D eigenvalue weighted by atomic mass is 35.5. The van der Waals surface area contributed by atoms with E-state index in [2.05, 4.69) is 27.7 Å². The lowest BCUT2D eigenvalue weighted by Crippen LogP contribution is -2.23. The highest BCUT2D eigenvalue weighted by molar-refractivity contribution is 7.80. The highest BCUT2D eigenvalue weighted by Gasteiger charge is 2.10. The monoisotopic (exact) mass is 378 g/mol. The van der Waals surface area contributed by atoms with E-state index >= 15 is 0 Å². The molecule has 0 aliphatic heterocycles. The molecule has 1 aromatic heterocycles. The van der Waals surface area contributed by atoms with Gasteiger partial charge in [0, 0.05) is 12.3 Å². The number of nitrogens with one attached hydrogen (secondary N) is 1. The number of hydrogen-bond donors (Lipinski definition) is 2. The lowest BCUT2D eigenvalue weighted by molar-refractivity contribution is 0.0526. The fraction of sp³-hybridized carbons (Fsp3) is 0.125. The molecule has 0 saturated carbocycles. The minimum atomic E-state index is -0.447. The molecule has 2 aromatic rings. The van der Waals surface area contributed by atoms with Gasteiger partial charge < -0.3 is 15.2 Å². The van der Waals surface area contributed by atoms with E-state index in [1.165, 1.54) is 18.5 Å². The van der Waals surface area contributed by atoms with Crippen molar-refractivity contribution in [1.82, 2.24) is 10.4 Å². The molecule has 9 heteroatoms. The zero-order chi connectivity index (χ0) is 18.2. The maximum absolute atomic E-state index is 11.7. The zero-order valence-corrected chi connectivity index (χ0v) is 14.8. The topological polar surface area (TPSA) is 98.8 Å². The van der Waals surface area contributed by atoms with Crippen LogP contribution in [-0.2, 0) is 4.74 Å². The molecule has 0 radical (unpaired) electrons. The minimum absolute atomic E-state index is 0.0647. The summed E-state index contributed by atoms with van der Waals surface area (Å²) >= 11 is 10.8. The van der Waals surface area contributed by atoms with E-state index in [0.29, 0.717) is 21.9 Å². The summed E-state index contributed by atoms with van der Waals surface area (Å²) in [7, 11) is 0. The van der Waals surface area contributed by atoms with E-state index in [1.807, 2.05) is 0 Å². The Morgan fingerprint density at radius 3 is 2.92 bits per heavy atom. The Balaban J connectivity index is 2.12. The van der Waals surface area contributed by atoms with Crippen LogP contribution in [0.25, 0.3) is 0 Å². The molecule has 3 N–H and O–H groups in total. The first-order chi connectivity index (χ1) is 12.0. The quantitative estimate of drug-likeness (QED) is 0.345. The average molecular weight is 379 g/mol. The first-order valence-electron chi connectivity index (χ1n) is 7.18. The van der Waals surface area contributed by atoms with Gasteiger partial charge in [-0.1, -0.05) is 11.6 Å². The van der Waals surface area contributed by atoms with Crippen LogP contribution in [0.15, 0.2) is 41.6 Å². The molecule has 0 bridgehead atoms. The fourth-order valence-corrected chi connectivity index (χ4v) is 2.05. The smallest absolute Gasteiger partial charge is 0.338 e. The number of ether oxygens (including phenoxy) is 2. The number of esters is 1. The molecule has 0 atom stereocenters. The molecule has 0 spiro atoms. The molecule has 7 nitrogen and oxygen atoms in total. The minimum Gasteiger partial charge on any atom is -0.462 e. The summed E-state index contributed by atoms with van der Waals surface area (Å²) in [6.45, 7) is 2.02. The molecule has 0 saturated heterocycles. The van der Waals surface area contributed by atoms with Crippen molar-refractivity contribution in [1.29, 1.82) is 0 Å². The lowest BCUT2D eigenvalue weighted by atomic mass is 10.2. The number of carbonyl (C=O) groups is 1. The summed E-state index contributed by atoms with van der Waals surface area (Å²) in [5.41, 5.74) is 8.78.